The zero-order valence-corrected chi connectivity index (χ0v) is 19.7. The lowest BCUT2D eigenvalue weighted by molar-refractivity contribution is -0.141. The van der Waals surface area contributed by atoms with Gasteiger partial charge in [0.2, 0.25) is 5.91 Å². The zero-order chi connectivity index (χ0) is 23.0. The molecular weight excluding hydrogens is 412 g/mol. The van der Waals surface area contributed by atoms with Crippen LogP contribution in [0.15, 0.2) is 54.6 Å². The number of benzene rings is 2. The standard InChI is InChI=1S/C28H36N2O3/c1-2-29-18-9-4-10-19-30(27(31)23-14-11-15-23)24(20-22-12-5-3-6-13-22)21-33-26-17-8-7-16-25(26)28(29)32/h3,5-8,12-13,16-17,23-24H,2,4,9-11,14-15,18-21H2,1H3/t24-/m0/s1. The Kier molecular flexibility index (Phi) is 8.03. The van der Waals surface area contributed by atoms with Gasteiger partial charge in [0.25, 0.3) is 5.91 Å². The van der Waals surface area contributed by atoms with Crippen molar-refractivity contribution in [3.63, 3.8) is 0 Å². The first-order chi connectivity index (χ1) is 16.2. The summed E-state index contributed by atoms with van der Waals surface area (Å²) in [5.41, 5.74) is 1.80. The minimum absolute atomic E-state index is 0.0226. The second kappa shape index (κ2) is 11.4. The molecule has 2 aliphatic rings. The van der Waals surface area contributed by atoms with E-state index in [0.717, 1.165) is 58.0 Å². The van der Waals surface area contributed by atoms with E-state index in [-0.39, 0.29) is 23.8 Å². The number of hydrogen-bond donors (Lipinski definition) is 0. The third kappa shape index (κ3) is 5.76. The highest BCUT2D eigenvalue weighted by Crippen LogP contribution is 2.30. The fraction of sp³-hybridized carbons (Fsp3) is 0.500. The summed E-state index contributed by atoms with van der Waals surface area (Å²) < 4.78 is 6.32. The number of hydrogen-bond acceptors (Lipinski definition) is 3. The molecule has 0 radical (unpaired) electrons. The smallest absolute Gasteiger partial charge is 0.257 e. The lowest BCUT2D eigenvalue weighted by Gasteiger charge is -2.37. The van der Waals surface area contributed by atoms with Crippen molar-refractivity contribution in [2.45, 2.75) is 57.9 Å². The first-order valence-corrected chi connectivity index (χ1v) is 12.5. The highest BCUT2D eigenvalue weighted by molar-refractivity contribution is 5.97. The molecule has 176 valence electrons. The number of carbonyl (C=O) groups is 2. The van der Waals surface area contributed by atoms with Gasteiger partial charge in [-0.3, -0.25) is 9.59 Å². The fourth-order valence-corrected chi connectivity index (χ4v) is 4.80. The highest BCUT2D eigenvalue weighted by atomic mass is 16.5. The Balaban J connectivity index is 1.64. The van der Waals surface area contributed by atoms with Gasteiger partial charge in [0.05, 0.1) is 11.6 Å². The monoisotopic (exact) mass is 448 g/mol. The van der Waals surface area contributed by atoms with Crippen LogP contribution in [-0.4, -0.2) is 53.9 Å². The van der Waals surface area contributed by atoms with E-state index in [1.165, 1.54) is 5.56 Å². The molecule has 1 aliphatic heterocycles. The average Bonchev–Trinajstić information content (AvgIpc) is 2.81. The molecule has 1 saturated carbocycles. The largest absolute Gasteiger partial charge is 0.491 e. The summed E-state index contributed by atoms with van der Waals surface area (Å²) in [5.74, 6) is 1.06. The van der Waals surface area contributed by atoms with Crippen molar-refractivity contribution in [3.05, 3.63) is 65.7 Å². The van der Waals surface area contributed by atoms with Gasteiger partial charge < -0.3 is 14.5 Å². The summed E-state index contributed by atoms with van der Waals surface area (Å²) in [7, 11) is 0. The number of carbonyl (C=O) groups excluding carboxylic acids is 2. The Morgan fingerprint density at radius 3 is 2.39 bits per heavy atom. The lowest BCUT2D eigenvalue weighted by Crippen LogP contribution is -2.49. The van der Waals surface area contributed by atoms with Gasteiger partial charge in [-0.2, -0.15) is 0 Å². The van der Waals surface area contributed by atoms with E-state index >= 15 is 0 Å². The number of amides is 2. The number of fused-ring (bicyclic) bond motifs is 1. The SMILES string of the molecule is CCN1CCCCCN(C(=O)C2CCC2)[C@@H](Cc2ccccc2)COc2ccccc2C1=O. The van der Waals surface area contributed by atoms with Crippen molar-refractivity contribution in [1.82, 2.24) is 9.80 Å². The quantitative estimate of drug-likeness (QED) is 0.665. The van der Waals surface area contributed by atoms with Crippen LogP contribution in [-0.2, 0) is 11.2 Å². The first-order valence-electron chi connectivity index (χ1n) is 12.5. The van der Waals surface area contributed by atoms with Crippen molar-refractivity contribution in [1.29, 1.82) is 0 Å². The van der Waals surface area contributed by atoms with E-state index in [9.17, 15) is 9.59 Å². The highest BCUT2D eigenvalue weighted by Gasteiger charge is 2.33. The summed E-state index contributed by atoms with van der Waals surface area (Å²) in [6.45, 7) is 4.56. The van der Waals surface area contributed by atoms with Crippen LogP contribution in [0.25, 0.3) is 0 Å². The zero-order valence-electron chi connectivity index (χ0n) is 19.7. The molecule has 0 saturated heterocycles. The summed E-state index contributed by atoms with van der Waals surface area (Å²) >= 11 is 0. The van der Waals surface area contributed by atoms with E-state index in [0.29, 0.717) is 24.5 Å². The predicted octanol–water partition coefficient (Wildman–Crippen LogP) is 4.95. The van der Waals surface area contributed by atoms with Crippen LogP contribution in [0.3, 0.4) is 0 Å². The van der Waals surface area contributed by atoms with Crippen molar-refractivity contribution >= 4 is 11.8 Å². The van der Waals surface area contributed by atoms with Gasteiger partial charge in [0.1, 0.15) is 12.4 Å². The molecule has 1 heterocycles. The third-order valence-corrected chi connectivity index (χ3v) is 7.04. The van der Waals surface area contributed by atoms with Crippen molar-refractivity contribution in [3.8, 4) is 5.75 Å². The topological polar surface area (TPSA) is 49.9 Å². The van der Waals surface area contributed by atoms with E-state index in [4.69, 9.17) is 4.74 Å². The molecule has 33 heavy (non-hydrogen) atoms. The Hall–Kier alpha value is -2.82. The van der Waals surface area contributed by atoms with Gasteiger partial charge in [0, 0.05) is 25.6 Å². The maximum atomic E-state index is 13.5. The molecule has 0 unspecified atom stereocenters. The predicted molar refractivity (Wildman–Crippen MR) is 130 cm³/mol. The van der Waals surface area contributed by atoms with Crippen LogP contribution in [0.1, 0.15) is 61.4 Å². The fourth-order valence-electron chi connectivity index (χ4n) is 4.80. The minimum Gasteiger partial charge on any atom is -0.491 e. The van der Waals surface area contributed by atoms with E-state index in [2.05, 4.69) is 17.0 Å². The normalized spacial score (nSPS) is 20.5. The molecule has 1 fully saturated rings. The Morgan fingerprint density at radius 2 is 1.67 bits per heavy atom. The Morgan fingerprint density at radius 1 is 0.939 bits per heavy atom. The van der Waals surface area contributed by atoms with Gasteiger partial charge in [-0.1, -0.05) is 48.9 Å². The van der Waals surface area contributed by atoms with Crippen molar-refractivity contribution < 1.29 is 14.3 Å². The molecule has 0 N–H and O–H groups in total. The molecule has 4 rings (SSSR count). The van der Waals surface area contributed by atoms with Crippen LogP contribution < -0.4 is 4.74 Å². The summed E-state index contributed by atoms with van der Waals surface area (Å²) in [6.07, 6.45) is 6.77. The minimum atomic E-state index is -0.0633. The molecule has 5 nitrogen and oxygen atoms in total. The first kappa shape index (κ1) is 23.3. The lowest BCUT2D eigenvalue weighted by atomic mass is 9.83. The maximum Gasteiger partial charge on any atom is 0.257 e. The van der Waals surface area contributed by atoms with Crippen LogP contribution in [0.2, 0.25) is 0 Å². The van der Waals surface area contributed by atoms with Crippen LogP contribution in [0.5, 0.6) is 5.75 Å². The molecule has 2 amide bonds. The summed E-state index contributed by atoms with van der Waals surface area (Å²) in [6, 6.07) is 17.8. The average molecular weight is 449 g/mol. The van der Waals surface area contributed by atoms with E-state index in [1.54, 1.807) is 0 Å². The van der Waals surface area contributed by atoms with E-state index < -0.39 is 0 Å². The summed E-state index contributed by atoms with van der Waals surface area (Å²) in [5, 5.41) is 0. The second-order valence-electron chi connectivity index (χ2n) is 9.26. The van der Waals surface area contributed by atoms with Crippen LogP contribution >= 0.6 is 0 Å². The van der Waals surface area contributed by atoms with E-state index in [1.807, 2.05) is 54.3 Å². The molecule has 1 aliphatic carbocycles. The van der Waals surface area contributed by atoms with Crippen LogP contribution in [0, 0.1) is 5.92 Å². The number of rotatable bonds is 4. The maximum absolute atomic E-state index is 13.5. The molecule has 0 aromatic heterocycles. The molecular formula is C28H36N2O3. The molecule has 2 aromatic carbocycles. The van der Waals surface area contributed by atoms with Crippen molar-refractivity contribution in [2.24, 2.45) is 5.92 Å². The molecule has 1 atom stereocenters. The van der Waals surface area contributed by atoms with Gasteiger partial charge in [-0.05, 0) is 63.1 Å². The van der Waals surface area contributed by atoms with Crippen molar-refractivity contribution in [2.75, 3.05) is 26.2 Å². The second-order valence-corrected chi connectivity index (χ2v) is 9.26. The number of ether oxygens (including phenoxy) is 1. The van der Waals surface area contributed by atoms with Gasteiger partial charge in [0.15, 0.2) is 0 Å². The van der Waals surface area contributed by atoms with Gasteiger partial charge >= 0.3 is 0 Å². The molecule has 0 bridgehead atoms. The van der Waals surface area contributed by atoms with Crippen LogP contribution in [0.4, 0.5) is 0 Å². The van der Waals surface area contributed by atoms with Gasteiger partial charge in [-0.15, -0.1) is 0 Å². The number of para-hydroxylation sites is 1. The van der Waals surface area contributed by atoms with Gasteiger partial charge in [-0.25, -0.2) is 0 Å². The Bertz CT molecular complexity index is 926. The Labute approximate surface area is 197 Å². The third-order valence-electron chi connectivity index (χ3n) is 7.04. The molecule has 2 aromatic rings. The molecule has 5 heteroatoms. The molecule has 0 spiro atoms. The number of nitrogens with zero attached hydrogens (tertiary/aromatic N) is 2. The summed E-state index contributed by atoms with van der Waals surface area (Å²) in [4.78, 5) is 30.7.